The van der Waals surface area contributed by atoms with E-state index in [0.717, 1.165) is 0 Å². The number of hydrogen-bond acceptors (Lipinski definition) is 4. The Bertz CT molecular complexity index is 644. The fourth-order valence-corrected chi connectivity index (χ4v) is 1.83. The second kappa shape index (κ2) is 7.12. The highest BCUT2D eigenvalue weighted by Gasteiger charge is 2.28. The van der Waals surface area contributed by atoms with Crippen molar-refractivity contribution in [1.29, 1.82) is 0 Å². The van der Waals surface area contributed by atoms with Crippen LogP contribution in [0.3, 0.4) is 0 Å². The first-order valence-corrected chi connectivity index (χ1v) is 6.77. The number of halogens is 3. The van der Waals surface area contributed by atoms with Gasteiger partial charge in [0.25, 0.3) is 5.91 Å². The van der Waals surface area contributed by atoms with Gasteiger partial charge in [-0.05, 0) is 13.0 Å². The number of ether oxygens (including phenoxy) is 1. The Kier molecular flexibility index (Phi) is 5.20. The molecular formula is C14H15F3N4O2. The second-order valence-corrected chi connectivity index (χ2v) is 4.90. The van der Waals surface area contributed by atoms with Crippen LogP contribution >= 0.6 is 0 Å². The van der Waals surface area contributed by atoms with E-state index in [4.69, 9.17) is 0 Å². The summed E-state index contributed by atoms with van der Waals surface area (Å²) in [6, 6.07) is 3.86. The van der Waals surface area contributed by atoms with E-state index in [1.165, 1.54) is 18.2 Å². The molecule has 9 heteroatoms. The van der Waals surface area contributed by atoms with Crippen molar-refractivity contribution in [1.82, 2.24) is 19.9 Å². The van der Waals surface area contributed by atoms with E-state index in [2.05, 4.69) is 20.0 Å². The molecule has 1 atom stereocenters. The number of nitrogens with one attached hydrogen (secondary N) is 1. The van der Waals surface area contributed by atoms with Crippen LogP contribution in [0.5, 0.6) is 5.88 Å². The Hall–Kier alpha value is -2.58. The largest absolute Gasteiger partial charge is 0.468 e. The number of carbonyl (C=O) groups is 1. The van der Waals surface area contributed by atoms with Crippen LogP contribution < -0.4 is 10.1 Å². The lowest BCUT2D eigenvalue weighted by Gasteiger charge is -2.14. The van der Waals surface area contributed by atoms with Gasteiger partial charge in [0.1, 0.15) is 5.69 Å². The van der Waals surface area contributed by atoms with Gasteiger partial charge < -0.3 is 14.6 Å². The molecule has 0 aliphatic rings. The van der Waals surface area contributed by atoms with Crippen molar-refractivity contribution in [2.45, 2.75) is 25.7 Å². The molecule has 6 nitrogen and oxygen atoms in total. The normalized spacial score (nSPS) is 12.7. The number of rotatable bonds is 6. The van der Waals surface area contributed by atoms with Crippen molar-refractivity contribution in [3.8, 4) is 5.88 Å². The number of alkyl halides is 3. The molecule has 2 aromatic heterocycles. The van der Waals surface area contributed by atoms with Crippen LogP contribution in [-0.4, -0.2) is 39.3 Å². The molecule has 2 rings (SSSR count). The topological polar surface area (TPSA) is 69.0 Å². The zero-order valence-corrected chi connectivity index (χ0v) is 12.2. The molecule has 0 spiro atoms. The molecule has 0 aromatic carbocycles. The minimum atomic E-state index is -4.46. The highest BCUT2D eigenvalue weighted by atomic mass is 19.4. The first-order valence-electron chi connectivity index (χ1n) is 6.77. The van der Waals surface area contributed by atoms with Crippen molar-refractivity contribution in [3.05, 3.63) is 42.6 Å². The number of amides is 1. The van der Waals surface area contributed by atoms with Gasteiger partial charge in [-0.25, -0.2) is 9.97 Å². The summed E-state index contributed by atoms with van der Waals surface area (Å²) in [5.41, 5.74) is -0.0119. The monoisotopic (exact) mass is 328 g/mol. The first-order chi connectivity index (χ1) is 10.8. The zero-order chi connectivity index (χ0) is 16.9. The van der Waals surface area contributed by atoms with Crippen LogP contribution in [0.1, 0.15) is 17.4 Å². The van der Waals surface area contributed by atoms with E-state index in [1.807, 2.05) is 0 Å². The third-order valence-electron chi connectivity index (χ3n) is 2.76. The fraction of sp³-hybridized carbons (Fsp3) is 0.357. The molecule has 23 heavy (non-hydrogen) atoms. The number of imidazole rings is 1. The van der Waals surface area contributed by atoms with Crippen LogP contribution in [-0.2, 0) is 6.54 Å². The van der Waals surface area contributed by atoms with E-state index in [-0.39, 0.29) is 17.6 Å². The SMILES string of the molecule is C[C@@H](Cn1ccnc1)NC(=O)c1cccc(OCC(F)(F)F)n1. The smallest absolute Gasteiger partial charge is 0.422 e. The summed E-state index contributed by atoms with van der Waals surface area (Å²) < 4.78 is 42.7. The lowest BCUT2D eigenvalue weighted by atomic mass is 10.3. The van der Waals surface area contributed by atoms with Crippen LogP contribution in [0.25, 0.3) is 0 Å². The lowest BCUT2D eigenvalue weighted by Crippen LogP contribution is -2.36. The van der Waals surface area contributed by atoms with Gasteiger partial charge in [0, 0.05) is 31.0 Å². The summed E-state index contributed by atoms with van der Waals surface area (Å²) in [7, 11) is 0. The summed E-state index contributed by atoms with van der Waals surface area (Å²) in [6.07, 6.45) is 0.538. The summed E-state index contributed by atoms with van der Waals surface area (Å²) >= 11 is 0. The molecule has 0 bridgehead atoms. The first kappa shape index (κ1) is 16.8. The molecule has 2 heterocycles. The van der Waals surface area contributed by atoms with Crippen molar-refractivity contribution >= 4 is 5.91 Å². The molecule has 0 saturated carbocycles. The van der Waals surface area contributed by atoms with Crippen LogP contribution in [0.15, 0.2) is 36.9 Å². The fourth-order valence-electron chi connectivity index (χ4n) is 1.83. The van der Waals surface area contributed by atoms with Crippen LogP contribution in [0.4, 0.5) is 13.2 Å². The molecule has 0 radical (unpaired) electrons. The van der Waals surface area contributed by atoms with Crippen molar-refractivity contribution in [3.63, 3.8) is 0 Å². The Morgan fingerprint density at radius 2 is 2.22 bits per heavy atom. The maximum atomic E-state index is 12.1. The van der Waals surface area contributed by atoms with Crippen molar-refractivity contribution in [2.75, 3.05) is 6.61 Å². The standard InChI is InChI=1S/C14H15F3N4O2/c1-10(7-21-6-5-18-9-21)19-13(22)11-3-2-4-12(20-11)23-8-14(15,16)17/h2-6,9-10H,7-8H2,1H3,(H,19,22)/t10-/m0/s1. The van der Waals surface area contributed by atoms with Gasteiger partial charge in [-0.2, -0.15) is 13.2 Å². The Morgan fingerprint density at radius 1 is 1.43 bits per heavy atom. The van der Waals surface area contributed by atoms with E-state index in [9.17, 15) is 18.0 Å². The quantitative estimate of drug-likeness (QED) is 0.881. The number of pyridine rings is 1. The van der Waals surface area contributed by atoms with Crippen molar-refractivity contribution in [2.24, 2.45) is 0 Å². The molecule has 0 saturated heterocycles. The van der Waals surface area contributed by atoms with E-state index < -0.39 is 18.7 Å². The molecule has 0 aliphatic heterocycles. The van der Waals surface area contributed by atoms with Crippen LogP contribution in [0.2, 0.25) is 0 Å². The zero-order valence-electron chi connectivity index (χ0n) is 12.2. The summed E-state index contributed by atoms with van der Waals surface area (Å²) in [5, 5.41) is 2.71. The molecule has 1 amide bonds. The van der Waals surface area contributed by atoms with Gasteiger partial charge in [0.15, 0.2) is 6.61 Å². The summed E-state index contributed by atoms with van der Waals surface area (Å²) in [6.45, 7) is 0.847. The van der Waals surface area contributed by atoms with E-state index >= 15 is 0 Å². The minimum Gasteiger partial charge on any atom is -0.468 e. The predicted octanol–water partition coefficient (Wildman–Crippen LogP) is 2.04. The highest BCUT2D eigenvalue weighted by molar-refractivity contribution is 5.92. The Morgan fingerprint density at radius 3 is 2.87 bits per heavy atom. The molecule has 0 fully saturated rings. The number of aromatic nitrogens is 3. The van der Waals surface area contributed by atoms with E-state index in [1.54, 1.807) is 30.2 Å². The lowest BCUT2D eigenvalue weighted by molar-refractivity contribution is -0.154. The Labute approximate surface area is 130 Å². The van der Waals surface area contributed by atoms with Gasteiger partial charge in [-0.15, -0.1) is 0 Å². The number of carbonyl (C=O) groups excluding carboxylic acids is 1. The van der Waals surface area contributed by atoms with Gasteiger partial charge in [0.2, 0.25) is 5.88 Å². The second-order valence-electron chi connectivity index (χ2n) is 4.90. The minimum absolute atomic E-state index is 0.0119. The molecular weight excluding hydrogens is 313 g/mol. The summed E-state index contributed by atoms with van der Waals surface area (Å²) in [5.74, 6) is -0.743. The molecule has 0 aliphatic carbocycles. The van der Waals surface area contributed by atoms with Gasteiger partial charge in [-0.1, -0.05) is 6.07 Å². The average molecular weight is 328 g/mol. The van der Waals surface area contributed by atoms with Gasteiger partial charge >= 0.3 is 6.18 Å². The van der Waals surface area contributed by atoms with Crippen LogP contribution in [0, 0.1) is 0 Å². The third kappa shape index (κ3) is 5.61. The highest BCUT2D eigenvalue weighted by Crippen LogP contribution is 2.17. The predicted molar refractivity (Wildman–Crippen MR) is 74.9 cm³/mol. The molecule has 124 valence electrons. The van der Waals surface area contributed by atoms with E-state index in [0.29, 0.717) is 6.54 Å². The number of nitrogens with zero attached hydrogens (tertiary/aromatic N) is 3. The van der Waals surface area contributed by atoms with Gasteiger partial charge in [0.05, 0.1) is 6.33 Å². The average Bonchev–Trinajstić information content (AvgIpc) is 2.97. The third-order valence-corrected chi connectivity index (χ3v) is 2.76. The van der Waals surface area contributed by atoms with Gasteiger partial charge in [-0.3, -0.25) is 4.79 Å². The molecule has 0 unspecified atom stereocenters. The number of hydrogen-bond donors (Lipinski definition) is 1. The van der Waals surface area contributed by atoms with Crippen molar-refractivity contribution < 1.29 is 22.7 Å². The molecule has 2 aromatic rings. The Balaban J connectivity index is 1.93. The maximum Gasteiger partial charge on any atom is 0.422 e. The maximum absolute atomic E-state index is 12.1. The summed E-state index contributed by atoms with van der Waals surface area (Å²) in [4.78, 5) is 19.7. The molecule has 1 N–H and O–H groups in total.